The minimum Gasteiger partial charge on any atom is -0.454 e. The van der Waals surface area contributed by atoms with Gasteiger partial charge >= 0.3 is 6.03 Å². The van der Waals surface area contributed by atoms with Crippen LogP contribution in [-0.4, -0.2) is 38.2 Å². The predicted molar refractivity (Wildman–Crippen MR) is 106 cm³/mol. The van der Waals surface area contributed by atoms with Gasteiger partial charge in [0, 0.05) is 6.07 Å². The summed E-state index contributed by atoms with van der Waals surface area (Å²) in [7, 11) is 0. The van der Waals surface area contributed by atoms with Gasteiger partial charge in [0.1, 0.15) is 10.5 Å². The van der Waals surface area contributed by atoms with Gasteiger partial charge in [-0.05, 0) is 31.0 Å². The van der Waals surface area contributed by atoms with E-state index in [9.17, 15) is 14.4 Å². The molecule has 1 atom stereocenters. The lowest BCUT2D eigenvalue weighted by molar-refractivity contribution is -0.131. The molecule has 11 heteroatoms. The lowest BCUT2D eigenvalue weighted by Gasteiger charge is -2.22. The van der Waals surface area contributed by atoms with Gasteiger partial charge in [-0.1, -0.05) is 24.3 Å². The zero-order valence-corrected chi connectivity index (χ0v) is 17.0. The predicted octanol–water partition coefficient (Wildman–Crippen LogP) is 1.41. The van der Waals surface area contributed by atoms with Crippen LogP contribution in [0.25, 0.3) is 4.96 Å². The fraction of sp³-hybridized carbons (Fsp3) is 0.316. The molecule has 0 unspecified atom stereocenters. The number of amides is 3. The Labute approximate surface area is 174 Å². The zero-order chi connectivity index (χ0) is 21.0. The van der Waals surface area contributed by atoms with E-state index in [1.165, 1.54) is 21.9 Å². The summed E-state index contributed by atoms with van der Waals surface area (Å²) in [6, 6.07) is 5.85. The number of urea groups is 1. The van der Waals surface area contributed by atoms with Crippen molar-refractivity contribution < 1.29 is 19.1 Å². The highest BCUT2D eigenvalue weighted by Gasteiger charge is 2.49. The molecule has 1 saturated heterocycles. The molecule has 1 aromatic carbocycles. The molecule has 10 nitrogen and oxygen atoms in total. The maximum Gasteiger partial charge on any atom is 0.325 e. The number of ether oxygens (including phenoxy) is 2. The molecule has 0 bridgehead atoms. The standard InChI is InChI=1S/C19H17N5O5S/c1-3-14-22-24-15(25)7-11(20-18(24)30-14)8-23-16(26)19(2,21-17(23)27)10-4-5-12-13(6-10)29-9-28-12/h4-7H,3,8-9H2,1-2H3,(H,21,27)/t19-/m1/s1. The van der Waals surface area contributed by atoms with E-state index in [2.05, 4.69) is 15.4 Å². The smallest absolute Gasteiger partial charge is 0.325 e. The monoisotopic (exact) mass is 427 g/mol. The molecule has 154 valence electrons. The number of nitrogens with one attached hydrogen (secondary N) is 1. The van der Waals surface area contributed by atoms with Gasteiger partial charge in [-0.2, -0.15) is 9.61 Å². The minimum absolute atomic E-state index is 0.114. The topological polar surface area (TPSA) is 115 Å². The Morgan fingerprint density at radius 2 is 2.00 bits per heavy atom. The number of nitrogens with zero attached hydrogens (tertiary/aromatic N) is 4. The van der Waals surface area contributed by atoms with Crippen LogP contribution in [0.2, 0.25) is 0 Å². The highest BCUT2D eigenvalue weighted by molar-refractivity contribution is 7.16. The first kappa shape index (κ1) is 18.6. The minimum atomic E-state index is -1.27. The Balaban J connectivity index is 1.46. The van der Waals surface area contributed by atoms with Crippen molar-refractivity contribution >= 4 is 28.2 Å². The summed E-state index contributed by atoms with van der Waals surface area (Å²) in [6.45, 7) is 3.57. The third kappa shape index (κ3) is 2.73. The summed E-state index contributed by atoms with van der Waals surface area (Å²) in [5, 5.41) is 7.73. The molecule has 0 radical (unpaired) electrons. The molecule has 0 aliphatic carbocycles. The number of aryl methyl sites for hydroxylation is 1. The molecular formula is C19H17N5O5S. The summed E-state index contributed by atoms with van der Waals surface area (Å²) < 4.78 is 11.9. The Bertz CT molecular complexity index is 1270. The second-order valence-electron chi connectivity index (χ2n) is 7.14. The van der Waals surface area contributed by atoms with Crippen LogP contribution in [0.15, 0.2) is 29.1 Å². The first-order valence-corrected chi connectivity index (χ1v) is 10.1. The number of rotatable bonds is 4. The van der Waals surface area contributed by atoms with Crippen molar-refractivity contribution in [3.05, 3.63) is 50.9 Å². The first-order valence-electron chi connectivity index (χ1n) is 9.32. The molecule has 30 heavy (non-hydrogen) atoms. The summed E-state index contributed by atoms with van der Waals surface area (Å²) in [5.74, 6) is 0.670. The lowest BCUT2D eigenvalue weighted by Crippen LogP contribution is -2.40. The SMILES string of the molecule is CCc1nn2c(=O)cc(CN3C(=O)N[C@](C)(c4ccc5c(c4)OCO5)C3=O)nc2s1. The van der Waals surface area contributed by atoms with Crippen molar-refractivity contribution in [2.45, 2.75) is 32.4 Å². The van der Waals surface area contributed by atoms with E-state index in [-0.39, 0.29) is 18.9 Å². The van der Waals surface area contributed by atoms with Crippen LogP contribution < -0.4 is 20.3 Å². The van der Waals surface area contributed by atoms with Gasteiger partial charge in [0.15, 0.2) is 11.5 Å². The van der Waals surface area contributed by atoms with Crippen molar-refractivity contribution in [1.29, 1.82) is 0 Å². The Kier molecular flexibility index (Phi) is 4.03. The third-order valence-corrected chi connectivity index (χ3v) is 6.24. The molecule has 2 aromatic heterocycles. The summed E-state index contributed by atoms with van der Waals surface area (Å²) in [6.07, 6.45) is 0.684. The van der Waals surface area contributed by atoms with E-state index in [1.807, 2.05) is 6.92 Å². The van der Waals surface area contributed by atoms with E-state index in [4.69, 9.17) is 9.47 Å². The fourth-order valence-corrected chi connectivity index (χ4v) is 4.38. The van der Waals surface area contributed by atoms with Gasteiger partial charge in [0.05, 0.1) is 12.2 Å². The highest BCUT2D eigenvalue weighted by Crippen LogP contribution is 2.38. The molecule has 3 amide bonds. The summed E-state index contributed by atoms with van der Waals surface area (Å²) >= 11 is 1.30. The maximum absolute atomic E-state index is 13.2. The molecule has 3 aromatic rings. The van der Waals surface area contributed by atoms with E-state index < -0.39 is 17.5 Å². The number of aromatic nitrogens is 3. The van der Waals surface area contributed by atoms with Crippen LogP contribution in [0.5, 0.6) is 11.5 Å². The third-order valence-electron chi connectivity index (χ3n) is 5.19. The normalized spacial score (nSPS) is 20.3. The summed E-state index contributed by atoms with van der Waals surface area (Å²) in [4.78, 5) is 44.1. The average molecular weight is 427 g/mol. The molecular weight excluding hydrogens is 410 g/mol. The van der Waals surface area contributed by atoms with Crippen LogP contribution >= 0.6 is 11.3 Å². The molecule has 1 fully saturated rings. The second kappa shape index (κ2) is 6.52. The molecule has 5 rings (SSSR count). The number of benzene rings is 1. The van der Waals surface area contributed by atoms with Crippen molar-refractivity contribution in [3.8, 4) is 11.5 Å². The number of carbonyl (C=O) groups excluding carboxylic acids is 2. The number of fused-ring (bicyclic) bond motifs is 2. The number of hydrogen-bond acceptors (Lipinski definition) is 8. The van der Waals surface area contributed by atoms with Crippen molar-refractivity contribution in [3.63, 3.8) is 0 Å². The van der Waals surface area contributed by atoms with Crippen LogP contribution in [0.4, 0.5) is 4.79 Å². The van der Waals surface area contributed by atoms with Crippen LogP contribution in [0.3, 0.4) is 0 Å². The van der Waals surface area contributed by atoms with E-state index in [0.717, 1.165) is 9.91 Å². The molecule has 2 aliphatic heterocycles. The molecule has 0 spiro atoms. The Hall–Kier alpha value is -3.47. The second-order valence-corrected chi connectivity index (χ2v) is 8.18. The van der Waals surface area contributed by atoms with Crippen LogP contribution in [0, 0.1) is 0 Å². The van der Waals surface area contributed by atoms with Crippen molar-refractivity contribution in [1.82, 2.24) is 24.8 Å². The molecule has 4 heterocycles. The lowest BCUT2D eigenvalue weighted by atomic mass is 9.91. The zero-order valence-electron chi connectivity index (χ0n) is 16.2. The number of imide groups is 1. The van der Waals surface area contributed by atoms with Crippen molar-refractivity contribution in [2.24, 2.45) is 0 Å². The first-order chi connectivity index (χ1) is 14.4. The average Bonchev–Trinajstić information content (AvgIpc) is 3.41. The van der Waals surface area contributed by atoms with Gasteiger partial charge in [-0.15, -0.1) is 0 Å². The Morgan fingerprint density at radius 3 is 2.80 bits per heavy atom. The fourth-order valence-electron chi connectivity index (χ4n) is 3.53. The van der Waals surface area contributed by atoms with E-state index in [0.29, 0.717) is 34.1 Å². The van der Waals surface area contributed by atoms with Gasteiger partial charge in [0.25, 0.3) is 11.5 Å². The van der Waals surface area contributed by atoms with Gasteiger partial charge in [0.2, 0.25) is 11.8 Å². The van der Waals surface area contributed by atoms with E-state index in [1.54, 1.807) is 25.1 Å². The summed E-state index contributed by atoms with van der Waals surface area (Å²) in [5.41, 5.74) is -0.718. The molecule has 2 aliphatic rings. The largest absolute Gasteiger partial charge is 0.454 e. The van der Waals surface area contributed by atoms with Crippen molar-refractivity contribution in [2.75, 3.05) is 6.79 Å². The highest BCUT2D eigenvalue weighted by atomic mass is 32.1. The number of carbonyl (C=O) groups is 2. The quantitative estimate of drug-likeness (QED) is 0.626. The molecule has 0 saturated carbocycles. The van der Waals surface area contributed by atoms with E-state index >= 15 is 0 Å². The van der Waals surface area contributed by atoms with Gasteiger partial charge < -0.3 is 14.8 Å². The van der Waals surface area contributed by atoms with Gasteiger partial charge in [-0.3, -0.25) is 14.5 Å². The maximum atomic E-state index is 13.2. The molecule has 1 N–H and O–H groups in total. The number of hydrogen-bond donors (Lipinski definition) is 1. The van der Waals surface area contributed by atoms with Crippen LogP contribution in [0.1, 0.15) is 30.1 Å². The Morgan fingerprint density at radius 1 is 1.20 bits per heavy atom. The van der Waals surface area contributed by atoms with Gasteiger partial charge in [-0.25, -0.2) is 9.78 Å². The van der Waals surface area contributed by atoms with Crippen LogP contribution in [-0.2, 0) is 23.3 Å².